The third-order valence-corrected chi connectivity index (χ3v) is 5.88. The Labute approximate surface area is 173 Å². The van der Waals surface area contributed by atoms with Gasteiger partial charge < -0.3 is 4.98 Å². The van der Waals surface area contributed by atoms with Crippen molar-refractivity contribution in [1.82, 2.24) is 19.3 Å². The second-order valence-electron chi connectivity index (χ2n) is 6.86. The lowest BCUT2D eigenvalue weighted by Crippen LogP contribution is -2.37. The Kier molecular flexibility index (Phi) is 5.36. The van der Waals surface area contributed by atoms with Crippen molar-refractivity contribution in [2.24, 2.45) is 0 Å². The molecule has 166 valence electrons. The van der Waals surface area contributed by atoms with Crippen LogP contribution >= 0.6 is 11.9 Å². The van der Waals surface area contributed by atoms with Crippen molar-refractivity contribution in [1.29, 1.82) is 0 Å². The summed E-state index contributed by atoms with van der Waals surface area (Å²) in [6.07, 6.45) is -7.95. The molecule has 2 aromatic heterocycles. The monoisotopic (exact) mass is 468 g/mol. The molecule has 0 radical (unpaired) electrons. The van der Waals surface area contributed by atoms with Gasteiger partial charge in [0.05, 0.1) is 28.5 Å². The van der Waals surface area contributed by atoms with Crippen LogP contribution in [0.2, 0.25) is 0 Å². The summed E-state index contributed by atoms with van der Waals surface area (Å²) in [6.45, 7) is 0.106. The van der Waals surface area contributed by atoms with Gasteiger partial charge in [-0.05, 0) is 36.9 Å². The van der Waals surface area contributed by atoms with Crippen molar-refractivity contribution in [3.8, 4) is 11.4 Å². The molecular weight excluding hydrogens is 456 g/mol. The molecule has 1 saturated heterocycles. The number of hydrogen-bond acceptors (Lipinski definition) is 4. The minimum absolute atomic E-state index is 0.0211. The number of hydrogen-bond donors (Lipinski definition) is 1. The van der Waals surface area contributed by atoms with Crippen LogP contribution in [0.3, 0.4) is 0 Å². The summed E-state index contributed by atoms with van der Waals surface area (Å²) < 4.78 is 109. The van der Waals surface area contributed by atoms with E-state index < -0.39 is 47.0 Å². The van der Waals surface area contributed by atoms with E-state index in [1.54, 1.807) is 0 Å². The predicted molar refractivity (Wildman–Crippen MR) is 95.9 cm³/mol. The highest BCUT2D eigenvalue weighted by molar-refractivity contribution is 7.97. The van der Waals surface area contributed by atoms with E-state index in [0.717, 1.165) is 10.4 Å². The molecule has 1 aliphatic rings. The molecule has 0 saturated carbocycles. The summed E-state index contributed by atoms with van der Waals surface area (Å²) in [7, 11) is 0. The van der Waals surface area contributed by atoms with Gasteiger partial charge in [0.2, 0.25) is 0 Å². The molecule has 0 bridgehead atoms. The Morgan fingerprint density at radius 1 is 1.03 bits per heavy atom. The summed E-state index contributed by atoms with van der Waals surface area (Å²) in [5.41, 5.74) is -2.32. The molecule has 1 atom stereocenters. The van der Waals surface area contributed by atoms with Crippen LogP contribution in [0.4, 0.5) is 35.1 Å². The number of aromatic amines is 1. The number of aromatic nitrogens is 3. The fourth-order valence-corrected chi connectivity index (χ4v) is 4.63. The number of alkyl halides is 6. The highest BCUT2D eigenvalue weighted by atomic mass is 32.2. The van der Waals surface area contributed by atoms with Crippen LogP contribution in [-0.2, 0) is 6.18 Å². The molecule has 3 aromatic rings. The molecule has 3 heterocycles. The van der Waals surface area contributed by atoms with Gasteiger partial charge in [0, 0.05) is 17.5 Å². The van der Waals surface area contributed by atoms with Crippen molar-refractivity contribution in [3.05, 3.63) is 41.7 Å². The fourth-order valence-electron chi connectivity index (χ4n) is 3.49. The summed E-state index contributed by atoms with van der Waals surface area (Å²) in [6, 6.07) is -0.352. The number of rotatable bonds is 3. The van der Waals surface area contributed by atoms with Gasteiger partial charge in [0.25, 0.3) is 0 Å². The van der Waals surface area contributed by atoms with E-state index in [0.29, 0.717) is 30.8 Å². The van der Waals surface area contributed by atoms with E-state index in [1.807, 2.05) is 0 Å². The summed E-state index contributed by atoms with van der Waals surface area (Å²) in [5, 5.41) is -0.253. The zero-order valence-corrected chi connectivity index (χ0v) is 16.1. The third kappa shape index (κ3) is 4.20. The molecule has 0 amide bonds. The number of fused-ring (bicyclic) bond motifs is 1. The maximum absolute atomic E-state index is 14.5. The molecule has 1 aromatic carbocycles. The highest BCUT2D eigenvalue weighted by Crippen LogP contribution is 2.44. The Balaban J connectivity index is 1.84. The van der Waals surface area contributed by atoms with Gasteiger partial charge in [0.15, 0.2) is 11.6 Å². The standard InChI is InChI=1S/C18H12F8N4S/c19-8-6-27-16(28-7-8)14-9-4-13(31-30-3-1-2-12(30)18(24,25)26)29-15(9)11(20)5-10(14)17(21,22)23/h4-7,12,29H,1-3H2. The van der Waals surface area contributed by atoms with E-state index in [-0.39, 0.29) is 35.0 Å². The topological polar surface area (TPSA) is 44.8 Å². The Bertz CT molecular complexity index is 1110. The predicted octanol–water partition coefficient (Wildman–Crippen LogP) is 5.96. The van der Waals surface area contributed by atoms with E-state index in [1.165, 1.54) is 0 Å². The largest absolute Gasteiger partial charge is 0.417 e. The minimum Gasteiger partial charge on any atom is -0.346 e. The van der Waals surface area contributed by atoms with Crippen molar-refractivity contribution >= 4 is 22.9 Å². The Morgan fingerprint density at radius 3 is 2.32 bits per heavy atom. The number of H-pyrrole nitrogens is 1. The molecule has 1 unspecified atom stereocenters. The van der Waals surface area contributed by atoms with Crippen LogP contribution < -0.4 is 0 Å². The van der Waals surface area contributed by atoms with E-state index in [9.17, 15) is 35.1 Å². The number of nitrogens with one attached hydrogen (secondary N) is 1. The summed E-state index contributed by atoms with van der Waals surface area (Å²) in [5.74, 6) is -2.62. The number of nitrogens with zero attached hydrogens (tertiary/aromatic N) is 3. The van der Waals surface area contributed by atoms with Crippen molar-refractivity contribution in [3.63, 3.8) is 0 Å². The molecule has 0 aliphatic carbocycles. The Morgan fingerprint density at radius 2 is 1.71 bits per heavy atom. The van der Waals surface area contributed by atoms with Crippen LogP contribution in [0.5, 0.6) is 0 Å². The first-order valence-corrected chi connectivity index (χ1v) is 9.64. The normalized spacial score (nSPS) is 18.3. The van der Waals surface area contributed by atoms with Crippen molar-refractivity contribution in [2.45, 2.75) is 36.3 Å². The van der Waals surface area contributed by atoms with E-state index >= 15 is 0 Å². The molecule has 31 heavy (non-hydrogen) atoms. The van der Waals surface area contributed by atoms with Gasteiger partial charge in [0.1, 0.15) is 11.9 Å². The first-order chi connectivity index (χ1) is 14.4. The maximum Gasteiger partial charge on any atom is 0.417 e. The Hall–Kier alpha value is -2.41. The quantitative estimate of drug-likeness (QED) is 0.381. The molecule has 13 heteroatoms. The average molecular weight is 468 g/mol. The van der Waals surface area contributed by atoms with Gasteiger partial charge in [-0.2, -0.15) is 26.3 Å². The number of benzene rings is 1. The smallest absolute Gasteiger partial charge is 0.346 e. The van der Waals surface area contributed by atoms with Crippen molar-refractivity contribution in [2.75, 3.05) is 6.54 Å². The maximum atomic E-state index is 14.5. The SMILES string of the molecule is Fc1cnc(-c2c(C(F)(F)F)cc(F)c3[nH]c(SN4CCCC4C(F)(F)F)cc23)nc1. The second-order valence-corrected chi connectivity index (χ2v) is 7.95. The van der Waals surface area contributed by atoms with E-state index in [2.05, 4.69) is 15.0 Å². The third-order valence-electron chi connectivity index (χ3n) is 4.79. The summed E-state index contributed by atoms with van der Waals surface area (Å²) in [4.78, 5) is 9.69. The first kappa shape index (κ1) is 21.8. The second kappa shape index (κ2) is 7.62. The van der Waals surface area contributed by atoms with Gasteiger partial charge in [-0.25, -0.2) is 23.1 Å². The van der Waals surface area contributed by atoms with Crippen LogP contribution in [0, 0.1) is 11.6 Å². The summed E-state index contributed by atoms with van der Waals surface area (Å²) >= 11 is 0.649. The molecular formula is C18H12F8N4S. The zero-order chi connectivity index (χ0) is 22.6. The average Bonchev–Trinajstić information content (AvgIpc) is 3.29. The van der Waals surface area contributed by atoms with Gasteiger partial charge in [-0.1, -0.05) is 0 Å². The molecule has 0 spiro atoms. The molecule has 4 rings (SSSR count). The lowest BCUT2D eigenvalue weighted by molar-refractivity contribution is -0.163. The number of halogens is 8. The van der Waals surface area contributed by atoms with Crippen LogP contribution in [-0.4, -0.2) is 38.0 Å². The fraction of sp³-hybridized carbons (Fsp3) is 0.333. The van der Waals surface area contributed by atoms with Gasteiger partial charge >= 0.3 is 12.4 Å². The lowest BCUT2D eigenvalue weighted by atomic mass is 10.0. The lowest BCUT2D eigenvalue weighted by Gasteiger charge is -2.24. The van der Waals surface area contributed by atoms with Crippen LogP contribution in [0.15, 0.2) is 29.6 Å². The highest BCUT2D eigenvalue weighted by Gasteiger charge is 2.46. The zero-order valence-electron chi connectivity index (χ0n) is 15.3. The van der Waals surface area contributed by atoms with Crippen LogP contribution in [0.1, 0.15) is 18.4 Å². The molecule has 1 N–H and O–H groups in total. The molecule has 4 nitrogen and oxygen atoms in total. The minimum atomic E-state index is -4.98. The molecule has 1 fully saturated rings. The van der Waals surface area contributed by atoms with Crippen molar-refractivity contribution < 1.29 is 35.1 Å². The first-order valence-electron chi connectivity index (χ1n) is 8.87. The van der Waals surface area contributed by atoms with E-state index in [4.69, 9.17) is 0 Å². The van der Waals surface area contributed by atoms with Gasteiger partial charge in [-0.15, -0.1) is 0 Å². The van der Waals surface area contributed by atoms with Crippen LogP contribution in [0.25, 0.3) is 22.3 Å². The molecule has 1 aliphatic heterocycles. The van der Waals surface area contributed by atoms with Gasteiger partial charge in [-0.3, -0.25) is 0 Å².